The number of hydrogen-bond donors (Lipinski definition) is 2. The molecule has 5 heteroatoms. The van der Waals surface area contributed by atoms with E-state index in [2.05, 4.69) is 39.9 Å². The zero-order valence-electron chi connectivity index (χ0n) is 13.9. The summed E-state index contributed by atoms with van der Waals surface area (Å²) in [5.74, 6) is 2.26. The maximum Gasteiger partial charge on any atom is 0.222 e. The van der Waals surface area contributed by atoms with E-state index in [1.54, 1.807) is 6.20 Å². The Labute approximate surface area is 147 Å². The molecule has 0 radical (unpaired) electrons. The molecular formula is C19H23N3OS. The van der Waals surface area contributed by atoms with E-state index in [1.165, 1.54) is 0 Å². The molecule has 0 saturated carbocycles. The molecule has 2 atom stereocenters. The molecular weight excluding hydrogens is 318 g/mol. The molecule has 2 heterocycles. The first-order valence-corrected chi connectivity index (χ1v) is 9.48. The standard InChI is InChI=1S/C19H23N3OS/c1-14(22-19(23)11-18-13-24-10-9-21-18)15-4-6-16(7-5-15)17-3-2-8-20-12-17/h2-8,12,14,18,21H,9-11,13H2,1H3,(H,22,23). The second-order valence-corrected chi connectivity index (χ2v) is 7.23. The lowest BCUT2D eigenvalue weighted by Gasteiger charge is -2.23. The second kappa shape index (κ2) is 8.31. The average Bonchev–Trinajstić information content (AvgIpc) is 2.63. The number of nitrogens with one attached hydrogen (secondary N) is 2. The van der Waals surface area contributed by atoms with Crippen LogP contribution in [0.15, 0.2) is 48.8 Å². The average molecular weight is 341 g/mol. The van der Waals surface area contributed by atoms with Crippen molar-refractivity contribution in [3.63, 3.8) is 0 Å². The molecule has 1 aromatic carbocycles. The molecule has 2 unspecified atom stereocenters. The lowest BCUT2D eigenvalue weighted by atomic mass is 10.0. The summed E-state index contributed by atoms with van der Waals surface area (Å²) in [6, 6.07) is 12.6. The van der Waals surface area contributed by atoms with Crippen molar-refractivity contribution < 1.29 is 4.79 Å². The van der Waals surface area contributed by atoms with E-state index in [0.717, 1.165) is 34.7 Å². The van der Waals surface area contributed by atoms with Gasteiger partial charge in [0.1, 0.15) is 0 Å². The lowest BCUT2D eigenvalue weighted by Crippen LogP contribution is -2.41. The number of pyridine rings is 1. The van der Waals surface area contributed by atoms with Gasteiger partial charge in [-0.1, -0.05) is 30.3 Å². The fourth-order valence-corrected chi connectivity index (χ4v) is 3.81. The monoisotopic (exact) mass is 341 g/mol. The molecule has 1 amide bonds. The maximum atomic E-state index is 12.2. The Hall–Kier alpha value is -1.85. The minimum absolute atomic E-state index is 0.0108. The topological polar surface area (TPSA) is 54.0 Å². The number of thioether (sulfide) groups is 1. The molecule has 1 aliphatic heterocycles. The lowest BCUT2D eigenvalue weighted by molar-refractivity contribution is -0.122. The van der Waals surface area contributed by atoms with E-state index >= 15 is 0 Å². The van der Waals surface area contributed by atoms with Gasteiger partial charge in [0.15, 0.2) is 0 Å². The zero-order chi connectivity index (χ0) is 16.8. The van der Waals surface area contributed by atoms with Crippen LogP contribution in [0, 0.1) is 0 Å². The number of amides is 1. The van der Waals surface area contributed by atoms with E-state index in [0.29, 0.717) is 12.5 Å². The van der Waals surface area contributed by atoms with Gasteiger partial charge in [-0.25, -0.2) is 0 Å². The number of carbonyl (C=O) groups is 1. The molecule has 0 spiro atoms. The van der Waals surface area contributed by atoms with Gasteiger partial charge in [0.25, 0.3) is 0 Å². The molecule has 3 rings (SSSR count). The zero-order valence-corrected chi connectivity index (χ0v) is 14.7. The predicted octanol–water partition coefficient (Wildman–Crippen LogP) is 3.02. The van der Waals surface area contributed by atoms with Crippen LogP contribution in [0.2, 0.25) is 0 Å². The molecule has 1 fully saturated rings. The van der Waals surface area contributed by atoms with Crippen LogP contribution in [-0.4, -0.2) is 35.0 Å². The molecule has 24 heavy (non-hydrogen) atoms. The summed E-state index contributed by atoms with van der Waals surface area (Å²) < 4.78 is 0. The van der Waals surface area contributed by atoms with E-state index in [9.17, 15) is 4.79 Å². The van der Waals surface area contributed by atoms with E-state index < -0.39 is 0 Å². The first-order chi connectivity index (χ1) is 11.7. The van der Waals surface area contributed by atoms with Crippen LogP contribution in [0.3, 0.4) is 0 Å². The second-order valence-electron chi connectivity index (χ2n) is 6.08. The highest BCUT2D eigenvalue weighted by atomic mass is 32.2. The fourth-order valence-electron chi connectivity index (χ4n) is 2.86. The summed E-state index contributed by atoms with van der Waals surface area (Å²) in [5.41, 5.74) is 3.34. The molecule has 2 N–H and O–H groups in total. The third-order valence-electron chi connectivity index (χ3n) is 4.21. The van der Waals surface area contributed by atoms with Gasteiger partial charge >= 0.3 is 0 Å². The molecule has 2 aromatic rings. The fraction of sp³-hybridized carbons (Fsp3) is 0.368. The smallest absolute Gasteiger partial charge is 0.222 e. The van der Waals surface area contributed by atoms with Gasteiger partial charge in [-0.05, 0) is 29.7 Å². The van der Waals surface area contributed by atoms with Gasteiger partial charge in [-0.15, -0.1) is 0 Å². The molecule has 0 aliphatic carbocycles. The Balaban J connectivity index is 1.56. The minimum atomic E-state index is 0.0108. The normalized spacial score (nSPS) is 18.8. The van der Waals surface area contributed by atoms with Gasteiger partial charge in [-0.3, -0.25) is 9.78 Å². The number of hydrogen-bond acceptors (Lipinski definition) is 4. The summed E-state index contributed by atoms with van der Waals surface area (Å²) in [6.45, 7) is 3.02. The Kier molecular flexibility index (Phi) is 5.88. The third kappa shape index (κ3) is 4.58. The van der Waals surface area contributed by atoms with Crippen molar-refractivity contribution in [1.29, 1.82) is 0 Å². The van der Waals surface area contributed by atoms with Crippen molar-refractivity contribution >= 4 is 17.7 Å². The van der Waals surface area contributed by atoms with Crippen molar-refractivity contribution in [2.75, 3.05) is 18.1 Å². The molecule has 1 aromatic heterocycles. The van der Waals surface area contributed by atoms with Crippen LogP contribution in [0.5, 0.6) is 0 Å². The first kappa shape index (κ1) is 17.0. The van der Waals surface area contributed by atoms with Crippen LogP contribution in [-0.2, 0) is 4.79 Å². The van der Waals surface area contributed by atoms with Crippen molar-refractivity contribution in [2.24, 2.45) is 0 Å². The third-order valence-corrected chi connectivity index (χ3v) is 5.34. The van der Waals surface area contributed by atoms with Gasteiger partial charge in [0, 0.05) is 42.9 Å². The summed E-state index contributed by atoms with van der Waals surface area (Å²) in [7, 11) is 0. The number of benzene rings is 1. The van der Waals surface area contributed by atoms with Crippen LogP contribution >= 0.6 is 11.8 Å². The largest absolute Gasteiger partial charge is 0.350 e. The van der Waals surface area contributed by atoms with Crippen LogP contribution in [0.25, 0.3) is 11.1 Å². The quantitative estimate of drug-likeness (QED) is 0.878. The van der Waals surface area contributed by atoms with Gasteiger partial charge in [-0.2, -0.15) is 11.8 Å². The number of nitrogens with zero attached hydrogens (tertiary/aromatic N) is 1. The van der Waals surface area contributed by atoms with E-state index in [-0.39, 0.29) is 11.9 Å². The molecule has 4 nitrogen and oxygen atoms in total. The van der Waals surface area contributed by atoms with Gasteiger partial charge in [0.2, 0.25) is 5.91 Å². The first-order valence-electron chi connectivity index (χ1n) is 8.33. The Morgan fingerprint density at radius 2 is 2.17 bits per heavy atom. The highest BCUT2D eigenvalue weighted by molar-refractivity contribution is 7.99. The molecule has 1 aliphatic rings. The van der Waals surface area contributed by atoms with Gasteiger partial charge in [0.05, 0.1) is 6.04 Å². The number of aromatic nitrogens is 1. The summed E-state index contributed by atoms with van der Waals surface area (Å²) in [5, 5.41) is 6.50. The van der Waals surface area contributed by atoms with Crippen LogP contribution in [0.1, 0.15) is 24.9 Å². The molecule has 126 valence electrons. The predicted molar refractivity (Wildman–Crippen MR) is 100.0 cm³/mol. The molecule has 0 bridgehead atoms. The van der Waals surface area contributed by atoms with E-state index in [4.69, 9.17) is 0 Å². The summed E-state index contributed by atoms with van der Waals surface area (Å²) in [6.07, 6.45) is 4.18. The number of carbonyl (C=O) groups excluding carboxylic acids is 1. The van der Waals surface area contributed by atoms with Crippen LogP contribution in [0.4, 0.5) is 0 Å². The van der Waals surface area contributed by atoms with Crippen molar-refractivity contribution in [3.8, 4) is 11.1 Å². The van der Waals surface area contributed by atoms with E-state index in [1.807, 2.05) is 37.0 Å². The summed E-state index contributed by atoms with van der Waals surface area (Å²) >= 11 is 1.91. The molecule has 1 saturated heterocycles. The van der Waals surface area contributed by atoms with Crippen molar-refractivity contribution in [2.45, 2.75) is 25.4 Å². The highest BCUT2D eigenvalue weighted by Crippen LogP contribution is 2.21. The van der Waals surface area contributed by atoms with Gasteiger partial charge < -0.3 is 10.6 Å². The Bertz CT molecular complexity index is 654. The highest BCUT2D eigenvalue weighted by Gasteiger charge is 2.18. The van der Waals surface area contributed by atoms with Crippen LogP contribution < -0.4 is 10.6 Å². The SMILES string of the molecule is CC(NC(=O)CC1CSCCN1)c1ccc(-c2cccnc2)cc1. The minimum Gasteiger partial charge on any atom is -0.350 e. The van der Waals surface area contributed by atoms with Crippen molar-refractivity contribution in [1.82, 2.24) is 15.6 Å². The number of rotatable bonds is 5. The Morgan fingerprint density at radius 3 is 2.83 bits per heavy atom. The summed E-state index contributed by atoms with van der Waals surface area (Å²) in [4.78, 5) is 16.4. The van der Waals surface area contributed by atoms with Crippen molar-refractivity contribution in [3.05, 3.63) is 54.4 Å². The Morgan fingerprint density at radius 1 is 1.33 bits per heavy atom. The maximum absolute atomic E-state index is 12.2.